The summed E-state index contributed by atoms with van der Waals surface area (Å²) in [5, 5.41) is 10.9. The third-order valence-electron chi connectivity index (χ3n) is 1.94. The third-order valence-corrected chi connectivity index (χ3v) is 1.94. The van der Waals surface area contributed by atoms with E-state index in [1.165, 1.54) is 11.1 Å². The van der Waals surface area contributed by atoms with Gasteiger partial charge in [0, 0.05) is 6.54 Å². The Morgan fingerprint density at radius 2 is 2.08 bits per heavy atom. The summed E-state index contributed by atoms with van der Waals surface area (Å²) in [6.07, 6.45) is 1.90. The highest BCUT2D eigenvalue weighted by molar-refractivity contribution is 5.29. The van der Waals surface area contributed by atoms with Crippen LogP contribution in [-0.4, -0.2) is 0 Å². The van der Waals surface area contributed by atoms with Crippen LogP contribution in [0.5, 0.6) is 0 Å². The zero-order valence-electron chi connectivity index (χ0n) is 7.39. The Morgan fingerprint density at radius 3 is 2.67 bits per heavy atom. The highest BCUT2D eigenvalue weighted by Gasteiger charge is 1.94. The second-order valence-electron chi connectivity index (χ2n) is 2.88. The lowest BCUT2D eigenvalue weighted by atomic mass is 10.1. The van der Waals surface area contributed by atoms with E-state index in [1.54, 1.807) is 0 Å². The van der Waals surface area contributed by atoms with E-state index in [2.05, 4.69) is 31.3 Å². The Labute approximate surface area is 72.8 Å². The van der Waals surface area contributed by atoms with Crippen molar-refractivity contribution in [3.8, 4) is 6.19 Å². The lowest BCUT2D eigenvalue weighted by molar-refractivity contribution is 0.882. The fraction of sp³-hybridized carbons (Fsp3) is 0.300. The fourth-order valence-corrected chi connectivity index (χ4v) is 1.06. The topological polar surface area (TPSA) is 35.8 Å². The molecule has 0 aliphatic rings. The van der Waals surface area contributed by atoms with Crippen molar-refractivity contribution in [2.24, 2.45) is 0 Å². The van der Waals surface area contributed by atoms with Crippen LogP contribution in [0.2, 0.25) is 0 Å². The zero-order chi connectivity index (χ0) is 8.97. The minimum atomic E-state index is 0.623. The molecular formula is C10H12N2. The normalized spacial score (nSPS) is 9.08. The Balaban J connectivity index is 2.77. The van der Waals surface area contributed by atoms with Gasteiger partial charge in [-0.05, 0) is 30.5 Å². The molecule has 1 rings (SSSR count). The molecule has 0 saturated heterocycles. The van der Waals surface area contributed by atoms with Crippen LogP contribution in [0.15, 0.2) is 18.2 Å². The summed E-state index contributed by atoms with van der Waals surface area (Å²) < 4.78 is 0. The standard InChI is InChI=1S/C10H12N2/c1-8-3-4-10(5-9(8)2)6-12-7-11/h3-5,12H,6H2,1-2H3. The zero-order valence-corrected chi connectivity index (χ0v) is 7.39. The molecule has 0 aliphatic heterocycles. The maximum atomic E-state index is 8.29. The van der Waals surface area contributed by atoms with Gasteiger partial charge in [0.05, 0.1) is 0 Å². The molecule has 0 atom stereocenters. The summed E-state index contributed by atoms with van der Waals surface area (Å²) in [4.78, 5) is 0. The van der Waals surface area contributed by atoms with E-state index in [4.69, 9.17) is 5.26 Å². The molecule has 0 unspecified atom stereocenters. The van der Waals surface area contributed by atoms with Crippen molar-refractivity contribution in [1.29, 1.82) is 5.26 Å². The first-order valence-corrected chi connectivity index (χ1v) is 3.92. The molecule has 0 aromatic heterocycles. The third kappa shape index (κ3) is 2.00. The highest BCUT2D eigenvalue weighted by atomic mass is 14.8. The molecular weight excluding hydrogens is 148 g/mol. The maximum absolute atomic E-state index is 8.29. The number of nitrogens with zero attached hydrogens (tertiary/aromatic N) is 1. The van der Waals surface area contributed by atoms with Crippen molar-refractivity contribution in [2.45, 2.75) is 20.4 Å². The van der Waals surface area contributed by atoms with Crippen LogP contribution in [0.1, 0.15) is 16.7 Å². The lowest BCUT2D eigenvalue weighted by Crippen LogP contribution is -2.04. The van der Waals surface area contributed by atoms with Crippen LogP contribution >= 0.6 is 0 Å². The van der Waals surface area contributed by atoms with E-state index < -0.39 is 0 Å². The minimum Gasteiger partial charge on any atom is -0.319 e. The summed E-state index contributed by atoms with van der Waals surface area (Å²) in [5.41, 5.74) is 3.71. The van der Waals surface area contributed by atoms with Crippen molar-refractivity contribution < 1.29 is 0 Å². The predicted molar refractivity (Wildman–Crippen MR) is 48.4 cm³/mol. The Kier molecular flexibility index (Phi) is 2.71. The van der Waals surface area contributed by atoms with Crippen molar-refractivity contribution in [2.75, 3.05) is 0 Å². The average Bonchev–Trinajstić information content (AvgIpc) is 2.07. The van der Waals surface area contributed by atoms with Crippen LogP contribution in [0.4, 0.5) is 0 Å². The van der Waals surface area contributed by atoms with E-state index in [-0.39, 0.29) is 0 Å². The molecule has 62 valence electrons. The van der Waals surface area contributed by atoms with Gasteiger partial charge in [0.15, 0.2) is 6.19 Å². The molecule has 0 radical (unpaired) electrons. The second kappa shape index (κ2) is 3.77. The van der Waals surface area contributed by atoms with Gasteiger partial charge in [0.1, 0.15) is 0 Å². The number of rotatable bonds is 2. The van der Waals surface area contributed by atoms with E-state index in [1.807, 2.05) is 12.3 Å². The van der Waals surface area contributed by atoms with Crippen molar-refractivity contribution in [3.63, 3.8) is 0 Å². The van der Waals surface area contributed by atoms with Crippen LogP contribution in [-0.2, 0) is 6.54 Å². The summed E-state index contributed by atoms with van der Waals surface area (Å²) in [7, 11) is 0. The molecule has 0 bridgehead atoms. The van der Waals surface area contributed by atoms with Gasteiger partial charge in [-0.1, -0.05) is 18.2 Å². The molecule has 2 heteroatoms. The molecule has 0 saturated carbocycles. The van der Waals surface area contributed by atoms with Crippen LogP contribution in [0, 0.1) is 25.3 Å². The summed E-state index contributed by atoms with van der Waals surface area (Å²) in [6.45, 7) is 4.78. The first-order chi connectivity index (χ1) is 5.74. The summed E-state index contributed by atoms with van der Waals surface area (Å²) in [6, 6.07) is 6.20. The largest absolute Gasteiger partial charge is 0.319 e. The van der Waals surface area contributed by atoms with Crippen molar-refractivity contribution >= 4 is 0 Å². The number of benzene rings is 1. The molecule has 2 nitrogen and oxygen atoms in total. The van der Waals surface area contributed by atoms with Gasteiger partial charge in [-0.3, -0.25) is 0 Å². The molecule has 0 spiro atoms. The number of nitrogens with one attached hydrogen (secondary N) is 1. The van der Waals surface area contributed by atoms with Gasteiger partial charge in [0.2, 0.25) is 0 Å². The number of aryl methyl sites for hydroxylation is 2. The molecule has 1 aromatic rings. The molecule has 12 heavy (non-hydrogen) atoms. The lowest BCUT2D eigenvalue weighted by Gasteiger charge is -2.03. The molecule has 0 aliphatic carbocycles. The van der Waals surface area contributed by atoms with Gasteiger partial charge in [-0.15, -0.1) is 0 Å². The first-order valence-electron chi connectivity index (χ1n) is 3.92. The number of nitriles is 1. The molecule has 1 aromatic carbocycles. The quantitative estimate of drug-likeness (QED) is 0.529. The molecule has 0 fully saturated rings. The van der Waals surface area contributed by atoms with E-state index in [0.717, 1.165) is 5.56 Å². The smallest absolute Gasteiger partial charge is 0.176 e. The van der Waals surface area contributed by atoms with Crippen LogP contribution < -0.4 is 5.32 Å². The second-order valence-corrected chi connectivity index (χ2v) is 2.88. The minimum absolute atomic E-state index is 0.623. The Hall–Kier alpha value is -1.49. The SMILES string of the molecule is Cc1ccc(CNC#N)cc1C. The van der Waals surface area contributed by atoms with E-state index in [9.17, 15) is 0 Å². The number of hydrogen-bond donors (Lipinski definition) is 1. The van der Waals surface area contributed by atoms with Gasteiger partial charge < -0.3 is 5.32 Å². The summed E-state index contributed by atoms with van der Waals surface area (Å²) in [5.74, 6) is 0. The Morgan fingerprint density at radius 1 is 1.33 bits per heavy atom. The summed E-state index contributed by atoms with van der Waals surface area (Å²) >= 11 is 0. The maximum Gasteiger partial charge on any atom is 0.176 e. The van der Waals surface area contributed by atoms with Gasteiger partial charge in [-0.2, -0.15) is 5.26 Å². The van der Waals surface area contributed by atoms with E-state index in [0.29, 0.717) is 6.54 Å². The van der Waals surface area contributed by atoms with Crippen molar-refractivity contribution in [3.05, 3.63) is 34.9 Å². The van der Waals surface area contributed by atoms with Gasteiger partial charge in [-0.25, -0.2) is 0 Å². The van der Waals surface area contributed by atoms with E-state index >= 15 is 0 Å². The average molecular weight is 160 g/mol. The van der Waals surface area contributed by atoms with Gasteiger partial charge >= 0.3 is 0 Å². The fourth-order valence-electron chi connectivity index (χ4n) is 1.06. The van der Waals surface area contributed by atoms with Gasteiger partial charge in [0.25, 0.3) is 0 Å². The molecule has 0 amide bonds. The van der Waals surface area contributed by atoms with Crippen LogP contribution in [0.3, 0.4) is 0 Å². The number of hydrogen-bond acceptors (Lipinski definition) is 2. The highest BCUT2D eigenvalue weighted by Crippen LogP contribution is 2.09. The van der Waals surface area contributed by atoms with Crippen LogP contribution in [0.25, 0.3) is 0 Å². The Bertz CT molecular complexity index is 310. The molecule has 0 heterocycles. The monoisotopic (exact) mass is 160 g/mol. The predicted octanol–water partition coefficient (Wildman–Crippen LogP) is 1.87. The molecule has 1 N–H and O–H groups in total. The first kappa shape index (κ1) is 8.61. The van der Waals surface area contributed by atoms with Crippen molar-refractivity contribution in [1.82, 2.24) is 5.32 Å².